The third kappa shape index (κ3) is 4.07. The van der Waals surface area contributed by atoms with E-state index in [1.165, 1.54) is 0 Å². The van der Waals surface area contributed by atoms with E-state index in [1.807, 2.05) is 6.07 Å². The highest BCUT2D eigenvalue weighted by Crippen LogP contribution is 2.26. The summed E-state index contributed by atoms with van der Waals surface area (Å²) in [6, 6.07) is 4.05. The number of methoxy groups -OCH3 is 1. The van der Waals surface area contributed by atoms with E-state index < -0.39 is 0 Å². The van der Waals surface area contributed by atoms with Crippen LogP contribution in [0.5, 0.6) is 5.75 Å². The van der Waals surface area contributed by atoms with Crippen molar-refractivity contribution in [3.8, 4) is 5.75 Å². The van der Waals surface area contributed by atoms with Crippen LogP contribution in [0.3, 0.4) is 0 Å². The minimum atomic E-state index is 0.195. The lowest BCUT2D eigenvalue weighted by Gasteiger charge is -2.17. The molecule has 3 heterocycles. The largest absolute Gasteiger partial charge is 0.495 e. The summed E-state index contributed by atoms with van der Waals surface area (Å²) in [7, 11) is 1.59. The first-order valence-electron chi connectivity index (χ1n) is 9.22. The van der Waals surface area contributed by atoms with Gasteiger partial charge in [-0.1, -0.05) is 27.7 Å². The van der Waals surface area contributed by atoms with Crippen molar-refractivity contribution in [2.24, 2.45) is 0 Å². The van der Waals surface area contributed by atoms with Crippen molar-refractivity contribution in [1.82, 2.24) is 30.0 Å². The Kier molecular flexibility index (Phi) is 5.68. The number of nitrogens with zero attached hydrogens (tertiary/aromatic N) is 6. The SMILES string of the molecule is CCC(CC)Nc1cc(Nc2cc(OC)cnn2)c2nnc(C(C)C)n2n1. The molecule has 144 valence electrons. The lowest BCUT2D eigenvalue weighted by Crippen LogP contribution is -2.19. The minimum Gasteiger partial charge on any atom is -0.495 e. The molecular formula is C18H26N8O. The zero-order valence-corrected chi connectivity index (χ0v) is 16.4. The van der Waals surface area contributed by atoms with E-state index in [1.54, 1.807) is 23.9 Å². The molecule has 0 radical (unpaired) electrons. The van der Waals surface area contributed by atoms with E-state index in [4.69, 9.17) is 9.84 Å². The number of hydrogen-bond donors (Lipinski definition) is 2. The highest BCUT2D eigenvalue weighted by molar-refractivity contribution is 5.74. The van der Waals surface area contributed by atoms with Crippen molar-refractivity contribution in [2.45, 2.75) is 52.5 Å². The highest BCUT2D eigenvalue weighted by atomic mass is 16.5. The fourth-order valence-electron chi connectivity index (χ4n) is 2.78. The predicted molar refractivity (Wildman–Crippen MR) is 105 cm³/mol. The summed E-state index contributed by atoms with van der Waals surface area (Å²) in [5.74, 6) is 2.94. The van der Waals surface area contributed by atoms with Gasteiger partial charge in [-0.2, -0.15) is 9.61 Å². The van der Waals surface area contributed by atoms with Crippen molar-refractivity contribution >= 4 is 23.0 Å². The van der Waals surface area contributed by atoms with E-state index in [-0.39, 0.29) is 5.92 Å². The quantitative estimate of drug-likeness (QED) is 0.622. The first kappa shape index (κ1) is 18.8. The predicted octanol–water partition coefficient (Wildman–Crippen LogP) is 3.39. The monoisotopic (exact) mass is 370 g/mol. The molecule has 0 aromatic carbocycles. The molecule has 0 fully saturated rings. The Hall–Kier alpha value is -2.97. The molecule has 0 amide bonds. The second-order valence-corrected chi connectivity index (χ2v) is 6.65. The molecule has 0 atom stereocenters. The van der Waals surface area contributed by atoms with Crippen LogP contribution in [0.15, 0.2) is 18.3 Å². The summed E-state index contributed by atoms with van der Waals surface area (Å²) in [4.78, 5) is 0. The van der Waals surface area contributed by atoms with Gasteiger partial charge in [0.25, 0.3) is 0 Å². The van der Waals surface area contributed by atoms with Crippen LogP contribution in [-0.4, -0.2) is 43.2 Å². The molecule has 0 aliphatic heterocycles. The Labute approximate surface area is 158 Å². The van der Waals surface area contributed by atoms with Crippen LogP contribution in [0.2, 0.25) is 0 Å². The summed E-state index contributed by atoms with van der Waals surface area (Å²) in [6.07, 6.45) is 3.58. The highest BCUT2D eigenvalue weighted by Gasteiger charge is 2.17. The van der Waals surface area contributed by atoms with E-state index in [2.05, 4.69) is 58.7 Å². The van der Waals surface area contributed by atoms with Crippen molar-refractivity contribution in [1.29, 1.82) is 0 Å². The van der Waals surface area contributed by atoms with Gasteiger partial charge in [0.05, 0.1) is 19.0 Å². The molecule has 27 heavy (non-hydrogen) atoms. The van der Waals surface area contributed by atoms with Gasteiger partial charge < -0.3 is 15.4 Å². The molecule has 3 aromatic rings. The zero-order chi connectivity index (χ0) is 19.4. The second kappa shape index (κ2) is 8.15. The molecule has 0 saturated heterocycles. The Morgan fingerprint density at radius 3 is 2.52 bits per heavy atom. The van der Waals surface area contributed by atoms with Crippen molar-refractivity contribution in [3.63, 3.8) is 0 Å². The van der Waals surface area contributed by atoms with Gasteiger partial charge in [0, 0.05) is 24.1 Å². The van der Waals surface area contributed by atoms with Gasteiger partial charge in [-0.3, -0.25) is 0 Å². The van der Waals surface area contributed by atoms with Crippen LogP contribution in [0.4, 0.5) is 17.3 Å². The number of nitrogens with one attached hydrogen (secondary N) is 2. The normalized spacial score (nSPS) is 11.4. The number of hydrogen-bond acceptors (Lipinski definition) is 8. The van der Waals surface area contributed by atoms with Crippen LogP contribution in [0, 0.1) is 0 Å². The molecule has 9 nitrogen and oxygen atoms in total. The third-order valence-electron chi connectivity index (χ3n) is 4.38. The van der Waals surface area contributed by atoms with E-state index in [0.717, 1.165) is 30.2 Å². The second-order valence-electron chi connectivity index (χ2n) is 6.65. The molecule has 9 heteroatoms. The number of ether oxygens (including phenoxy) is 1. The molecular weight excluding hydrogens is 344 g/mol. The number of rotatable bonds is 8. The first-order valence-corrected chi connectivity index (χ1v) is 9.22. The van der Waals surface area contributed by atoms with E-state index >= 15 is 0 Å². The summed E-state index contributed by atoms with van der Waals surface area (Å²) in [5, 5.41) is 28.2. The van der Waals surface area contributed by atoms with Crippen molar-refractivity contribution in [2.75, 3.05) is 17.7 Å². The topological polar surface area (TPSA) is 102 Å². The van der Waals surface area contributed by atoms with Crippen LogP contribution in [-0.2, 0) is 0 Å². The van der Waals surface area contributed by atoms with E-state index in [0.29, 0.717) is 23.3 Å². The maximum Gasteiger partial charge on any atom is 0.201 e. The fourth-order valence-corrected chi connectivity index (χ4v) is 2.78. The lowest BCUT2D eigenvalue weighted by atomic mass is 10.2. The maximum absolute atomic E-state index is 5.22. The fraction of sp³-hybridized carbons (Fsp3) is 0.500. The molecule has 3 rings (SSSR count). The average molecular weight is 370 g/mol. The van der Waals surface area contributed by atoms with Crippen LogP contribution in [0.25, 0.3) is 5.65 Å². The summed E-state index contributed by atoms with van der Waals surface area (Å²) in [6.45, 7) is 8.45. The van der Waals surface area contributed by atoms with Gasteiger partial charge in [0.2, 0.25) is 5.65 Å². The Balaban J connectivity index is 2.05. The van der Waals surface area contributed by atoms with Crippen LogP contribution < -0.4 is 15.4 Å². The number of fused-ring (bicyclic) bond motifs is 1. The zero-order valence-electron chi connectivity index (χ0n) is 16.4. The van der Waals surface area contributed by atoms with E-state index in [9.17, 15) is 0 Å². The van der Waals surface area contributed by atoms with Gasteiger partial charge in [0.15, 0.2) is 11.6 Å². The van der Waals surface area contributed by atoms with Gasteiger partial charge in [-0.05, 0) is 12.8 Å². The maximum atomic E-state index is 5.22. The number of aromatic nitrogens is 6. The number of anilines is 3. The third-order valence-corrected chi connectivity index (χ3v) is 4.38. The molecule has 0 aliphatic rings. The van der Waals surface area contributed by atoms with Crippen molar-refractivity contribution < 1.29 is 4.74 Å². The first-order chi connectivity index (χ1) is 13.0. The smallest absolute Gasteiger partial charge is 0.201 e. The minimum absolute atomic E-state index is 0.195. The molecule has 0 aliphatic carbocycles. The van der Waals surface area contributed by atoms with Gasteiger partial charge in [-0.25, -0.2) is 0 Å². The Morgan fingerprint density at radius 1 is 1.07 bits per heavy atom. The molecule has 0 saturated carbocycles. The van der Waals surface area contributed by atoms with Crippen molar-refractivity contribution in [3.05, 3.63) is 24.2 Å². The van der Waals surface area contributed by atoms with Gasteiger partial charge in [-0.15, -0.1) is 20.4 Å². The molecule has 2 N–H and O–H groups in total. The van der Waals surface area contributed by atoms with Crippen LogP contribution in [0.1, 0.15) is 52.3 Å². The lowest BCUT2D eigenvalue weighted by molar-refractivity contribution is 0.412. The Bertz CT molecular complexity index is 904. The molecule has 0 spiro atoms. The summed E-state index contributed by atoms with van der Waals surface area (Å²) in [5.41, 5.74) is 1.39. The van der Waals surface area contributed by atoms with Gasteiger partial charge in [0.1, 0.15) is 11.6 Å². The average Bonchev–Trinajstić information content (AvgIpc) is 3.10. The van der Waals surface area contributed by atoms with Crippen LogP contribution >= 0.6 is 0 Å². The standard InChI is InChI=1S/C18H26N8O/c1-6-12(7-2)20-16-9-14(21-15-8-13(27-5)10-19-22-15)18-24-23-17(11(3)4)26(18)25-16/h8-12H,6-7H2,1-5H3,(H,20,25)(H,21,22). The Morgan fingerprint density at radius 2 is 1.85 bits per heavy atom. The molecule has 3 aromatic heterocycles. The molecule has 0 unspecified atom stereocenters. The summed E-state index contributed by atoms with van der Waals surface area (Å²) < 4.78 is 7.00. The molecule has 0 bridgehead atoms. The van der Waals surface area contributed by atoms with Gasteiger partial charge >= 0.3 is 0 Å². The summed E-state index contributed by atoms with van der Waals surface area (Å²) >= 11 is 0.